The topological polar surface area (TPSA) is 75.4 Å². The average Bonchev–Trinajstić information content (AvgIpc) is 2.19. The third-order valence-electron chi connectivity index (χ3n) is 1.91. The number of hydrogen-bond donors (Lipinski definition) is 2. The molecule has 2 amide bonds. The van der Waals surface area contributed by atoms with E-state index in [1.165, 1.54) is 0 Å². The fourth-order valence-corrected chi connectivity index (χ4v) is 1.28. The van der Waals surface area contributed by atoms with Gasteiger partial charge in [-0.15, -0.1) is 0 Å². The van der Waals surface area contributed by atoms with Gasteiger partial charge in [-0.3, -0.25) is 9.59 Å². The number of nitrogens with one attached hydrogen (secondary N) is 1. The quantitative estimate of drug-likeness (QED) is 0.560. The van der Waals surface area contributed by atoms with Crippen LogP contribution >= 0.6 is 0 Å². The first kappa shape index (κ1) is 9.98. The Bertz CT molecular complexity index is 215. The minimum Gasteiger partial charge on any atom is -0.347 e. The van der Waals surface area contributed by atoms with Crippen LogP contribution in [0, 0.1) is 0 Å². The van der Waals surface area contributed by atoms with Gasteiger partial charge in [0.05, 0.1) is 6.54 Å². The van der Waals surface area contributed by atoms with Crippen LogP contribution < -0.4 is 11.1 Å². The second-order valence-corrected chi connectivity index (χ2v) is 3.34. The highest BCUT2D eigenvalue weighted by atomic mass is 16.2. The fourth-order valence-electron chi connectivity index (χ4n) is 1.28. The summed E-state index contributed by atoms with van der Waals surface area (Å²) in [5, 5.41) is 2.53. The van der Waals surface area contributed by atoms with Crippen molar-refractivity contribution in [3.05, 3.63) is 0 Å². The van der Waals surface area contributed by atoms with Crippen molar-refractivity contribution in [3.63, 3.8) is 0 Å². The SMILES string of the molecule is CC(N)CN1CCC(=O)NCC1=O. The Kier molecular flexibility index (Phi) is 3.25. The predicted octanol–water partition coefficient (Wildman–Crippen LogP) is -1.32. The molecule has 0 aromatic rings. The van der Waals surface area contributed by atoms with E-state index in [2.05, 4.69) is 5.32 Å². The maximum absolute atomic E-state index is 11.4. The van der Waals surface area contributed by atoms with Crippen LogP contribution in [-0.4, -0.2) is 42.4 Å². The molecule has 0 aromatic heterocycles. The zero-order valence-corrected chi connectivity index (χ0v) is 7.75. The van der Waals surface area contributed by atoms with E-state index in [1.807, 2.05) is 6.92 Å². The van der Waals surface area contributed by atoms with Gasteiger partial charge in [0, 0.05) is 25.6 Å². The van der Waals surface area contributed by atoms with E-state index in [0.717, 1.165) is 0 Å². The van der Waals surface area contributed by atoms with Gasteiger partial charge in [0.25, 0.3) is 0 Å². The Labute approximate surface area is 77.3 Å². The minimum absolute atomic E-state index is 0.0443. The molecular formula is C8H15N3O2. The minimum atomic E-state index is -0.0690. The molecular weight excluding hydrogens is 170 g/mol. The van der Waals surface area contributed by atoms with Gasteiger partial charge < -0.3 is 16.0 Å². The molecule has 0 radical (unpaired) electrons. The maximum atomic E-state index is 11.4. The van der Waals surface area contributed by atoms with Gasteiger partial charge in [-0.1, -0.05) is 0 Å². The third kappa shape index (κ3) is 3.02. The van der Waals surface area contributed by atoms with Crippen molar-refractivity contribution >= 4 is 11.8 Å². The average molecular weight is 185 g/mol. The molecule has 1 rings (SSSR count). The van der Waals surface area contributed by atoms with Crippen LogP contribution in [0.1, 0.15) is 13.3 Å². The normalized spacial score (nSPS) is 20.9. The molecule has 0 spiro atoms. The lowest BCUT2D eigenvalue weighted by Gasteiger charge is -2.21. The van der Waals surface area contributed by atoms with E-state index in [-0.39, 0.29) is 24.4 Å². The Morgan fingerprint density at radius 1 is 1.62 bits per heavy atom. The second-order valence-electron chi connectivity index (χ2n) is 3.34. The van der Waals surface area contributed by atoms with E-state index in [9.17, 15) is 9.59 Å². The van der Waals surface area contributed by atoms with Crippen LogP contribution in [0.2, 0.25) is 0 Å². The summed E-state index contributed by atoms with van der Waals surface area (Å²) in [7, 11) is 0. The van der Waals surface area contributed by atoms with Crippen LogP contribution in [0.4, 0.5) is 0 Å². The number of nitrogens with zero attached hydrogens (tertiary/aromatic N) is 1. The molecule has 0 saturated carbocycles. The van der Waals surface area contributed by atoms with Crippen molar-refractivity contribution < 1.29 is 9.59 Å². The largest absolute Gasteiger partial charge is 0.347 e. The van der Waals surface area contributed by atoms with Crippen LogP contribution in [0.25, 0.3) is 0 Å². The Morgan fingerprint density at radius 3 is 2.92 bits per heavy atom. The fraction of sp³-hybridized carbons (Fsp3) is 0.750. The van der Waals surface area contributed by atoms with Crippen molar-refractivity contribution in [2.45, 2.75) is 19.4 Å². The van der Waals surface area contributed by atoms with Gasteiger partial charge in [0.2, 0.25) is 11.8 Å². The van der Waals surface area contributed by atoms with Crippen LogP contribution in [0.15, 0.2) is 0 Å². The summed E-state index contributed by atoms with van der Waals surface area (Å²) >= 11 is 0. The molecule has 74 valence electrons. The van der Waals surface area contributed by atoms with Gasteiger partial charge in [-0.25, -0.2) is 0 Å². The molecule has 1 atom stereocenters. The van der Waals surface area contributed by atoms with Crippen LogP contribution in [-0.2, 0) is 9.59 Å². The first-order valence-electron chi connectivity index (χ1n) is 4.39. The lowest BCUT2D eigenvalue weighted by molar-refractivity contribution is -0.130. The molecule has 0 bridgehead atoms. The first-order chi connectivity index (χ1) is 6.09. The van der Waals surface area contributed by atoms with E-state index in [1.54, 1.807) is 4.90 Å². The highest BCUT2D eigenvalue weighted by Crippen LogP contribution is 1.98. The highest BCUT2D eigenvalue weighted by Gasteiger charge is 2.20. The molecule has 13 heavy (non-hydrogen) atoms. The summed E-state index contributed by atoms with van der Waals surface area (Å²) in [6.07, 6.45) is 0.373. The molecule has 1 heterocycles. The number of carbonyl (C=O) groups excluding carboxylic acids is 2. The maximum Gasteiger partial charge on any atom is 0.242 e. The Morgan fingerprint density at radius 2 is 2.31 bits per heavy atom. The molecule has 0 aliphatic carbocycles. The first-order valence-corrected chi connectivity index (χ1v) is 4.39. The van der Waals surface area contributed by atoms with Crippen molar-refractivity contribution in [2.24, 2.45) is 5.73 Å². The summed E-state index contributed by atoms with van der Waals surface area (Å²) in [5.41, 5.74) is 5.57. The van der Waals surface area contributed by atoms with Crippen molar-refractivity contribution in [3.8, 4) is 0 Å². The molecule has 3 N–H and O–H groups in total. The molecule has 5 heteroatoms. The number of carbonyl (C=O) groups is 2. The molecule has 0 aromatic carbocycles. The number of amides is 2. The lowest BCUT2D eigenvalue weighted by atomic mass is 10.3. The number of hydrogen-bond acceptors (Lipinski definition) is 3. The van der Waals surface area contributed by atoms with Crippen molar-refractivity contribution in [1.29, 1.82) is 0 Å². The van der Waals surface area contributed by atoms with Gasteiger partial charge in [-0.05, 0) is 6.92 Å². The lowest BCUT2D eigenvalue weighted by Crippen LogP contribution is -2.41. The summed E-state index contributed by atoms with van der Waals surface area (Å²) < 4.78 is 0. The molecule has 1 saturated heterocycles. The molecule has 1 unspecified atom stereocenters. The monoisotopic (exact) mass is 185 g/mol. The second kappa shape index (κ2) is 4.23. The van der Waals surface area contributed by atoms with Crippen LogP contribution in [0.3, 0.4) is 0 Å². The molecule has 1 aliphatic heterocycles. The van der Waals surface area contributed by atoms with E-state index < -0.39 is 0 Å². The standard InChI is InChI=1S/C8H15N3O2/c1-6(9)5-11-3-2-7(12)10-4-8(11)13/h6H,2-5,9H2,1H3,(H,10,12). The van der Waals surface area contributed by atoms with E-state index in [4.69, 9.17) is 5.73 Å². The molecule has 1 fully saturated rings. The molecule has 5 nitrogen and oxygen atoms in total. The Hall–Kier alpha value is -1.10. The van der Waals surface area contributed by atoms with Gasteiger partial charge in [0.1, 0.15) is 0 Å². The van der Waals surface area contributed by atoms with Crippen LogP contribution in [0.5, 0.6) is 0 Å². The van der Waals surface area contributed by atoms with Gasteiger partial charge in [0.15, 0.2) is 0 Å². The number of rotatable bonds is 2. The number of nitrogens with two attached hydrogens (primary N) is 1. The zero-order valence-electron chi connectivity index (χ0n) is 7.75. The third-order valence-corrected chi connectivity index (χ3v) is 1.91. The predicted molar refractivity (Wildman–Crippen MR) is 47.9 cm³/mol. The summed E-state index contributed by atoms with van der Waals surface area (Å²) in [6, 6.07) is -0.0443. The van der Waals surface area contributed by atoms with E-state index in [0.29, 0.717) is 19.5 Å². The summed E-state index contributed by atoms with van der Waals surface area (Å²) in [4.78, 5) is 23.9. The molecule has 1 aliphatic rings. The van der Waals surface area contributed by atoms with Gasteiger partial charge >= 0.3 is 0 Å². The van der Waals surface area contributed by atoms with Crippen molar-refractivity contribution in [2.75, 3.05) is 19.6 Å². The summed E-state index contributed by atoms with van der Waals surface area (Å²) in [5.74, 6) is -0.122. The zero-order chi connectivity index (χ0) is 9.84. The Balaban J connectivity index is 2.52. The smallest absolute Gasteiger partial charge is 0.242 e. The van der Waals surface area contributed by atoms with E-state index >= 15 is 0 Å². The van der Waals surface area contributed by atoms with Gasteiger partial charge in [-0.2, -0.15) is 0 Å². The summed E-state index contributed by atoms with van der Waals surface area (Å²) in [6.45, 7) is 2.94. The highest BCUT2D eigenvalue weighted by molar-refractivity contribution is 5.87. The van der Waals surface area contributed by atoms with Crippen molar-refractivity contribution in [1.82, 2.24) is 10.2 Å².